The van der Waals surface area contributed by atoms with Crippen LogP contribution in [0.15, 0.2) is 45.6 Å². The van der Waals surface area contributed by atoms with Crippen molar-refractivity contribution < 1.29 is 9.52 Å². The first kappa shape index (κ1) is 17.8. The van der Waals surface area contributed by atoms with Crippen LogP contribution in [0.1, 0.15) is 12.0 Å². The molecule has 122 valence electrons. The van der Waals surface area contributed by atoms with Crippen LogP contribution >= 0.6 is 24.0 Å². The molecule has 3 rings (SSSR count). The molecule has 0 spiro atoms. The second kappa shape index (κ2) is 7.79. The summed E-state index contributed by atoms with van der Waals surface area (Å²) in [6, 6.07) is 10.6. The first-order valence-corrected chi connectivity index (χ1v) is 7.53. The lowest BCUT2D eigenvalue weighted by Gasteiger charge is -2.06. The summed E-state index contributed by atoms with van der Waals surface area (Å²) in [5, 5.41) is 13.6. The fraction of sp³-hybridized carbons (Fsp3) is 0.235. The largest absolute Gasteiger partial charge is 0.456 e. The standard InChI is InChI=1S/C17H16ClNO3.ClH/c18-12-3-4-13-16(9-12)22-15-5-2-11(8-14(15)17(13)21)10-19-6-1-7-20;/h2-5,8-9,19-20H,1,6-7,10H2;1H. The fourth-order valence-electron chi connectivity index (χ4n) is 2.42. The van der Waals surface area contributed by atoms with E-state index in [1.165, 1.54) is 0 Å². The van der Waals surface area contributed by atoms with E-state index < -0.39 is 0 Å². The van der Waals surface area contributed by atoms with Gasteiger partial charge in [-0.2, -0.15) is 0 Å². The fourth-order valence-corrected chi connectivity index (χ4v) is 2.58. The minimum Gasteiger partial charge on any atom is -0.456 e. The maximum atomic E-state index is 12.6. The van der Waals surface area contributed by atoms with Gasteiger partial charge in [-0.1, -0.05) is 17.7 Å². The van der Waals surface area contributed by atoms with Crippen molar-refractivity contribution >= 4 is 45.9 Å². The van der Waals surface area contributed by atoms with Crippen molar-refractivity contribution in [2.75, 3.05) is 13.2 Å². The molecular weight excluding hydrogens is 337 g/mol. The highest BCUT2D eigenvalue weighted by atomic mass is 35.5. The third kappa shape index (κ3) is 3.85. The summed E-state index contributed by atoms with van der Waals surface area (Å²) in [6.07, 6.45) is 0.709. The Hall–Kier alpha value is -1.59. The molecule has 6 heteroatoms. The van der Waals surface area contributed by atoms with Gasteiger partial charge in [0.2, 0.25) is 5.43 Å². The maximum absolute atomic E-state index is 12.6. The van der Waals surface area contributed by atoms with Gasteiger partial charge in [0.1, 0.15) is 11.2 Å². The summed E-state index contributed by atoms with van der Waals surface area (Å²) in [4.78, 5) is 12.6. The van der Waals surface area contributed by atoms with E-state index in [1.807, 2.05) is 12.1 Å². The van der Waals surface area contributed by atoms with E-state index >= 15 is 0 Å². The summed E-state index contributed by atoms with van der Waals surface area (Å²) >= 11 is 5.94. The van der Waals surface area contributed by atoms with Gasteiger partial charge in [0.05, 0.1) is 10.8 Å². The highest BCUT2D eigenvalue weighted by molar-refractivity contribution is 6.31. The number of fused-ring (bicyclic) bond motifs is 2. The molecule has 0 aliphatic heterocycles. The second-order valence-electron chi connectivity index (χ2n) is 5.16. The summed E-state index contributed by atoms with van der Waals surface area (Å²) < 4.78 is 5.77. The minimum absolute atomic E-state index is 0. The SMILES string of the molecule is Cl.O=c1c2ccc(Cl)cc2oc2ccc(CNCCCO)cc12. The molecule has 0 radical (unpaired) electrons. The van der Waals surface area contributed by atoms with E-state index in [4.69, 9.17) is 21.1 Å². The molecule has 2 aromatic carbocycles. The van der Waals surface area contributed by atoms with Gasteiger partial charge in [0.15, 0.2) is 0 Å². The lowest BCUT2D eigenvalue weighted by molar-refractivity contribution is 0.286. The minimum atomic E-state index is -0.0508. The molecule has 4 nitrogen and oxygen atoms in total. The third-order valence-corrected chi connectivity index (χ3v) is 3.77. The third-order valence-electron chi connectivity index (χ3n) is 3.54. The van der Waals surface area contributed by atoms with Crippen molar-refractivity contribution in [1.29, 1.82) is 0 Å². The van der Waals surface area contributed by atoms with E-state index in [1.54, 1.807) is 24.3 Å². The molecule has 0 unspecified atom stereocenters. The zero-order chi connectivity index (χ0) is 15.5. The Balaban J connectivity index is 0.00000192. The Morgan fingerprint density at radius 3 is 2.70 bits per heavy atom. The van der Waals surface area contributed by atoms with Crippen LogP contribution in [0, 0.1) is 0 Å². The molecule has 0 aliphatic rings. The van der Waals surface area contributed by atoms with Crippen molar-refractivity contribution in [1.82, 2.24) is 5.32 Å². The van der Waals surface area contributed by atoms with Crippen LogP contribution < -0.4 is 10.7 Å². The summed E-state index contributed by atoms with van der Waals surface area (Å²) in [7, 11) is 0. The first-order valence-electron chi connectivity index (χ1n) is 7.15. The Kier molecular flexibility index (Phi) is 6.02. The Morgan fingerprint density at radius 2 is 1.91 bits per heavy atom. The molecule has 23 heavy (non-hydrogen) atoms. The molecule has 2 N–H and O–H groups in total. The van der Waals surface area contributed by atoms with Crippen LogP contribution in [0.2, 0.25) is 5.02 Å². The van der Waals surface area contributed by atoms with E-state index in [2.05, 4.69) is 5.32 Å². The first-order chi connectivity index (χ1) is 10.7. The maximum Gasteiger partial charge on any atom is 0.200 e. The van der Waals surface area contributed by atoms with Crippen LogP contribution in [-0.4, -0.2) is 18.3 Å². The highest BCUT2D eigenvalue weighted by Gasteiger charge is 2.08. The number of halogens is 2. The monoisotopic (exact) mass is 353 g/mol. The lowest BCUT2D eigenvalue weighted by atomic mass is 10.1. The Labute approximate surface area is 144 Å². The van der Waals surface area contributed by atoms with E-state index in [0.29, 0.717) is 39.9 Å². The normalized spacial score (nSPS) is 10.9. The summed E-state index contributed by atoms with van der Waals surface area (Å²) in [6.45, 7) is 1.55. The van der Waals surface area contributed by atoms with Crippen molar-refractivity contribution in [3.05, 3.63) is 57.2 Å². The zero-order valence-corrected chi connectivity index (χ0v) is 13.9. The van der Waals surface area contributed by atoms with Crippen LogP contribution in [0.3, 0.4) is 0 Å². The molecule has 1 aromatic heterocycles. The summed E-state index contributed by atoms with van der Waals surface area (Å²) in [5.74, 6) is 0. The molecule has 0 atom stereocenters. The molecule has 0 saturated heterocycles. The Morgan fingerprint density at radius 1 is 1.09 bits per heavy atom. The summed E-state index contributed by atoms with van der Waals surface area (Å²) in [5.41, 5.74) is 2.01. The van der Waals surface area contributed by atoms with Gasteiger partial charge >= 0.3 is 0 Å². The van der Waals surface area contributed by atoms with Crippen molar-refractivity contribution in [3.63, 3.8) is 0 Å². The van der Waals surface area contributed by atoms with E-state index in [9.17, 15) is 4.79 Å². The number of nitrogens with one attached hydrogen (secondary N) is 1. The molecule has 1 heterocycles. The molecule has 0 bridgehead atoms. The molecule has 0 fully saturated rings. The van der Waals surface area contributed by atoms with Gasteiger partial charge in [0.25, 0.3) is 0 Å². The van der Waals surface area contributed by atoms with Gasteiger partial charge in [-0.25, -0.2) is 0 Å². The predicted molar refractivity (Wildman–Crippen MR) is 95.7 cm³/mol. The number of rotatable bonds is 5. The zero-order valence-electron chi connectivity index (χ0n) is 12.3. The Bertz CT molecular complexity index is 877. The van der Waals surface area contributed by atoms with Crippen molar-refractivity contribution in [2.24, 2.45) is 0 Å². The van der Waals surface area contributed by atoms with Crippen molar-refractivity contribution in [2.45, 2.75) is 13.0 Å². The predicted octanol–water partition coefficient (Wildman–Crippen LogP) is 3.49. The lowest BCUT2D eigenvalue weighted by Crippen LogP contribution is -2.15. The number of hydrogen-bond acceptors (Lipinski definition) is 4. The number of aliphatic hydroxyl groups excluding tert-OH is 1. The molecule has 0 aliphatic carbocycles. The number of hydrogen-bond donors (Lipinski definition) is 2. The second-order valence-corrected chi connectivity index (χ2v) is 5.59. The molecule has 3 aromatic rings. The van der Waals surface area contributed by atoms with Crippen LogP contribution in [0.5, 0.6) is 0 Å². The van der Waals surface area contributed by atoms with Gasteiger partial charge < -0.3 is 14.8 Å². The van der Waals surface area contributed by atoms with Gasteiger partial charge in [-0.05, 0) is 42.8 Å². The topological polar surface area (TPSA) is 62.5 Å². The molecule has 0 saturated carbocycles. The smallest absolute Gasteiger partial charge is 0.200 e. The number of benzene rings is 2. The van der Waals surface area contributed by atoms with Crippen LogP contribution in [0.4, 0.5) is 0 Å². The van der Waals surface area contributed by atoms with Crippen LogP contribution in [-0.2, 0) is 6.54 Å². The van der Waals surface area contributed by atoms with E-state index in [-0.39, 0.29) is 24.4 Å². The van der Waals surface area contributed by atoms with E-state index in [0.717, 1.165) is 12.1 Å². The van der Waals surface area contributed by atoms with Gasteiger partial charge in [0, 0.05) is 24.2 Å². The highest BCUT2D eigenvalue weighted by Crippen LogP contribution is 2.22. The van der Waals surface area contributed by atoms with Crippen LogP contribution in [0.25, 0.3) is 21.9 Å². The quantitative estimate of drug-likeness (QED) is 0.544. The van der Waals surface area contributed by atoms with Gasteiger partial charge in [-0.3, -0.25) is 4.79 Å². The molecule has 0 amide bonds. The molecular formula is C17H17Cl2NO3. The average Bonchev–Trinajstić information content (AvgIpc) is 2.52. The number of aliphatic hydroxyl groups is 1. The van der Waals surface area contributed by atoms with Gasteiger partial charge in [-0.15, -0.1) is 12.4 Å². The average molecular weight is 354 g/mol. The van der Waals surface area contributed by atoms with Crippen molar-refractivity contribution in [3.8, 4) is 0 Å².